The Morgan fingerprint density at radius 2 is 1.65 bits per heavy atom. The monoisotopic (exact) mass is 374 g/mol. The third-order valence-electron chi connectivity index (χ3n) is 4.52. The summed E-state index contributed by atoms with van der Waals surface area (Å²) in [6, 6.07) is 17.1. The topological polar surface area (TPSA) is 69.6 Å². The average molecular weight is 375 g/mol. The van der Waals surface area contributed by atoms with Crippen molar-refractivity contribution in [2.24, 2.45) is 0 Å². The van der Waals surface area contributed by atoms with Crippen LogP contribution in [-0.4, -0.2) is 41.0 Å². The van der Waals surface area contributed by atoms with Gasteiger partial charge >= 0.3 is 5.97 Å². The molecule has 3 rings (SSSR count). The Hall–Kier alpha value is -2.37. The molecule has 0 radical (unpaired) electrons. The molecule has 1 aliphatic heterocycles. The van der Waals surface area contributed by atoms with Gasteiger partial charge < -0.3 is 10.4 Å². The van der Waals surface area contributed by atoms with Crippen LogP contribution in [0.15, 0.2) is 54.6 Å². The number of rotatable bonds is 5. The van der Waals surface area contributed by atoms with Gasteiger partial charge in [-0.25, -0.2) is 0 Å². The first-order valence-corrected chi connectivity index (χ1v) is 8.56. The second kappa shape index (κ2) is 9.36. The summed E-state index contributed by atoms with van der Waals surface area (Å²) in [5, 5.41) is 12.1. The van der Waals surface area contributed by atoms with Crippen molar-refractivity contribution in [1.29, 1.82) is 0 Å². The lowest BCUT2D eigenvalue weighted by atomic mass is 10.0. The normalized spacial score (nSPS) is 17.2. The van der Waals surface area contributed by atoms with Crippen LogP contribution >= 0.6 is 12.4 Å². The van der Waals surface area contributed by atoms with Crippen LogP contribution in [0.25, 0.3) is 11.1 Å². The smallest absolute Gasteiger partial charge is 0.320 e. The first-order valence-electron chi connectivity index (χ1n) is 8.56. The van der Waals surface area contributed by atoms with Gasteiger partial charge in [-0.3, -0.25) is 14.5 Å². The molecule has 0 aliphatic carbocycles. The summed E-state index contributed by atoms with van der Waals surface area (Å²) in [4.78, 5) is 25.3. The standard InChI is InChI=1S/C20H22N2O3.ClH/c23-19(14-22-13-5-4-8-18(22)20(24)25)21-17-11-9-16(10-12-17)15-6-2-1-3-7-15;/h1-3,6-7,9-12,18H,4-5,8,13-14H2,(H,21,23)(H,24,25);1H. The number of halogens is 1. The zero-order valence-corrected chi connectivity index (χ0v) is 15.2. The molecule has 0 saturated carbocycles. The molecule has 2 aromatic carbocycles. The number of carboxylic acids is 1. The molecule has 0 aromatic heterocycles. The Kier molecular flexibility index (Phi) is 7.18. The number of carboxylic acid groups (broad SMARTS) is 1. The molecule has 1 unspecified atom stereocenters. The fourth-order valence-corrected chi connectivity index (χ4v) is 3.22. The predicted molar refractivity (Wildman–Crippen MR) is 105 cm³/mol. The number of carbonyl (C=O) groups excluding carboxylic acids is 1. The lowest BCUT2D eigenvalue weighted by molar-refractivity contribution is -0.145. The summed E-state index contributed by atoms with van der Waals surface area (Å²) in [7, 11) is 0. The number of hydrogen-bond acceptors (Lipinski definition) is 3. The van der Waals surface area contributed by atoms with Gasteiger partial charge in [-0.2, -0.15) is 0 Å². The van der Waals surface area contributed by atoms with Crippen LogP contribution in [0.3, 0.4) is 0 Å². The molecule has 2 aromatic rings. The molecule has 0 spiro atoms. The van der Waals surface area contributed by atoms with Crippen LogP contribution in [0.2, 0.25) is 0 Å². The minimum Gasteiger partial charge on any atom is -0.480 e. The van der Waals surface area contributed by atoms with Crippen molar-refractivity contribution in [2.45, 2.75) is 25.3 Å². The number of piperidine rings is 1. The van der Waals surface area contributed by atoms with E-state index in [0.29, 0.717) is 18.7 Å². The average Bonchev–Trinajstić information content (AvgIpc) is 2.63. The van der Waals surface area contributed by atoms with E-state index in [9.17, 15) is 14.7 Å². The first-order chi connectivity index (χ1) is 12.1. The fourth-order valence-electron chi connectivity index (χ4n) is 3.22. The highest BCUT2D eigenvalue weighted by Crippen LogP contribution is 2.21. The predicted octanol–water partition coefficient (Wildman–Crippen LogP) is 3.65. The van der Waals surface area contributed by atoms with Crippen LogP contribution in [0.5, 0.6) is 0 Å². The molecule has 26 heavy (non-hydrogen) atoms. The van der Waals surface area contributed by atoms with Crippen LogP contribution in [0.1, 0.15) is 19.3 Å². The van der Waals surface area contributed by atoms with Gasteiger partial charge in [0.2, 0.25) is 5.91 Å². The van der Waals surface area contributed by atoms with E-state index in [-0.39, 0.29) is 24.9 Å². The zero-order valence-electron chi connectivity index (χ0n) is 14.4. The highest BCUT2D eigenvalue weighted by molar-refractivity contribution is 5.93. The van der Waals surface area contributed by atoms with Gasteiger partial charge in [-0.1, -0.05) is 48.9 Å². The summed E-state index contributed by atoms with van der Waals surface area (Å²) in [5.41, 5.74) is 2.92. The summed E-state index contributed by atoms with van der Waals surface area (Å²) >= 11 is 0. The molecule has 1 aliphatic rings. The molecule has 138 valence electrons. The number of aliphatic carboxylic acids is 1. The maximum Gasteiger partial charge on any atom is 0.320 e. The first kappa shape index (κ1) is 19.9. The van der Waals surface area contributed by atoms with Gasteiger partial charge in [0.15, 0.2) is 0 Å². The molecule has 1 fully saturated rings. The van der Waals surface area contributed by atoms with E-state index in [0.717, 1.165) is 24.0 Å². The van der Waals surface area contributed by atoms with Gasteiger partial charge in [0.1, 0.15) is 6.04 Å². The number of nitrogens with zero attached hydrogens (tertiary/aromatic N) is 1. The quantitative estimate of drug-likeness (QED) is 0.838. The molecule has 1 saturated heterocycles. The Balaban J connectivity index is 0.00000243. The third kappa shape index (κ3) is 5.07. The summed E-state index contributed by atoms with van der Waals surface area (Å²) in [5.74, 6) is -1.03. The van der Waals surface area contributed by atoms with E-state index < -0.39 is 12.0 Å². The second-order valence-electron chi connectivity index (χ2n) is 6.31. The fraction of sp³-hybridized carbons (Fsp3) is 0.300. The number of hydrogen-bond donors (Lipinski definition) is 2. The highest BCUT2D eigenvalue weighted by atomic mass is 35.5. The van der Waals surface area contributed by atoms with Crippen LogP contribution in [-0.2, 0) is 9.59 Å². The van der Waals surface area contributed by atoms with Gasteiger partial charge in [0.25, 0.3) is 0 Å². The third-order valence-corrected chi connectivity index (χ3v) is 4.52. The van der Waals surface area contributed by atoms with Crippen molar-refractivity contribution in [3.05, 3.63) is 54.6 Å². The summed E-state index contributed by atoms with van der Waals surface area (Å²) < 4.78 is 0. The number of benzene rings is 2. The second-order valence-corrected chi connectivity index (χ2v) is 6.31. The number of likely N-dealkylation sites (tertiary alicyclic amines) is 1. The molecule has 6 heteroatoms. The highest BCUT2D eigenvalue weighted by Gasteiger charge is 2.29. The van der Waals surface area contributed by atoms with E-state index in [4.69, 9.17) is 0 Å². The number of amides is 1. The number of carbonyl (C=O) groups is 2. The van der Waals surface area contributed by atoms with Crippen molar-refractivity contribution < 1.29 is 14.7 Å². The summed E-state index contributed by atoms with van der Waals surface area (Å²) in [6.07, 6.45) is 2.44. The minimum atomic E-state index is -0.847. The summed E-state index contributed by atoms with van der Waals surface area (Å²) in [6.45, 7) is 0.759. The van der Waals surface area contributed by atoms with Crippen LogP contribution in [0, 0.1) is 0 Å². The molecular formula is C20H23ClN2O3. The van der Waals surface area contributed by atoms with Gasteiger partial charge in [-0.05, 0) is 42.6 Å². The van der Waals surface area contributed by atoms with E-state index in [2.05, 4.69) is 5.32 Å². The molecule has 0 bridgehead atoms. The lowest BCUT2D eigenvalue weighted by Crippen LogP contribution is -2.47. The van der Waals surface area contributed by atoms with E-state index in [1.807, 2.05) is 54.6 Å². The van der Waals surface area contributed by atoms with Crippen LogP contribution < -0.4 is 5.32 Å². The van der Waals surface area contributed by atoms with Crippen molar-refractivity contribution >= 4 is 30.0 Å². The molecule has 1 heterocycles. The van der Waals surface area contributed by atoms with E-state index in [1.165, 1.54) is 0 Å². The van der Waals surface area contributed by atoms with E-state index in [1.54, 1.807) is 4.90 Å². The molecule has 2 N–H and O–H groups in total. The largest absolute Gasteiger partial charge is 0.480 e. The lowest BCUT2D eigenvalue weighted by Gasteiger charge is -2.32. The van der Waals surface area contributed by atoms with Crippen molar-refractivity contribution in [3.63, 3.8) is 0 Å². The maximum absolute atomic E-state index is 12.3. The minimum absolute atomic E-state index is 0. The molecule has 1 amide bonds. The van der Waals surface area contributed by atoms with Crippen LogP contribution in [0.4, 0.5) is 5.69 Å². The van der Waals surface area contributed by atoms with E-state index >= 15 is 0 Å². The van der Waals surface area contributed by atoms with Crippen molar-refractivity contribution in [3.8, 4) is 11.1 Å². The Labute approximate surface area is 159 Å². The Morgan fingerprint density at radius 3 is 2.31 bits per heavy atom. The van der Waals surface area contributed by atoms with Crippen molar-refractivity contribution in [1.82, 2.24) is 4.90 Å². The molecular weight excluding hydrogens is 352 g/mol. The Bertz CT molecular complexity index is 734. The maximum atomic E-state index is 12.3. The van der Waals surface area contributed by atoms with Gasteiger partial charge in [0.05, 0.1) is 6.54 Å². The Morgan fingerprint density at radius 1 is 1.00 bits per heavy atom. The van der Waals surface area contributed by atoms with Gasteiger partial charge in [0, 0.05) is 5.69 Å². The molecule has 5 nitrogen and oxygen atoms in total. The van der Waals surface area contributed by atoms with Crippen molar-refractivity contribution in [2.75, 3.05) is 18.4 Å². The number of nitrogens with one attached hydrogen (secondary N) is 1. The van der Waals surface area contributed by atoms with Gasteiger partial charge in [-0.15, -0.1) is 12.4 Å². The zero-order chi connectivity index (χ0) is 17.6. The number of anilines is 1. The molecule has 1 atom stereocenters. The SMILES string of the molecule is Cl.O=C(CN1CCCCC1C(=O)O)Nc1ccc(-c2ccccc2)cc1.